The van der Waals surface area contributed by atoms with Crippen LogP contribution in [0.2, 0.25) is 0 Å². The Labute approximate surface area is 148 Å². The Hall–Kier alpha value is -2.80. The minimum absolute atomic E-state index is 0.242. The molecule has 0 spiro atoms. The highest BCUT2D eigenvalue weighted by molar-refractivity contribution is 7.15. The van der Waals surface area contributed by atoms with Gasteiger partial charge in [0.15, 0.2) is 5.13 Å². The first-order valence-electron chi connectivity index (χ1n) is 7.60. The molecule has 0 fully saturated rings. The summed E-state index contributed by atoms with van der Waals surface area (Å²) in [5.41, 5.74) is 1.76. The molecule has 1 aromatic carbocycles. The molecule has 3 rings (SSSR count). The van der Waals surface area contributed by atoms with Crippen molar-refractivity contribution in [2.24, 2.45) is 0 Å². The number of benzene rings is 1. The van der Waals surface area contributed by atoms with Gasteiger partial charge in [-0.25, -0.2) is 9.37 Å². The molecule has 0 aliphatic heterocycles. The average molecular weight is 357 g/mol. The van der Waals surface area contributed by atoms with Gasteiger partial charge in [-0.1, -0.05) is 12.1 Å². The average Bonchev–Trinajstić information content (AvgIpc) is 3.10. The maximum absolute atomic E-state index is 14.1. The van der Waals surface area contributed by atoms with E-state index in [9.17, 15) is 14.0 Å². The van der Waals surface area contributed by atoms with E-state index in [0.717, 1.165) is 4.88 Å². The largest absolute Gasteiger partial charge is 0.315 e. The van der Waals surface area contributed by atoms with E-state index in [1.165, 1.54) is 17.4 Å². The molecule has 0 saturated carbocycles. The second-order valence-electron chi connectivity index (χ2n) is 5.63. The molecule has 0 bridgehead atoms. The van der Waals surface area contributed by atoms with Gasteiger partial charge in [0.2, 0.25) is 0 Å². The van der Waals surface area contributed by atoms with E-state index in [2.05, 4.69) is 10.3 Å². The highest BCUT2D eigenvalue weighted by Crippen LogP contribution is 2.24. The van der Waals surface area contributed by atoms with Gasteiger partial charge in [-0.2, -0.15) is 0 Å². The van der Waals surface area contributed by atoms with Crippen molar-refractivity contribution in [3.63, 3.8) is 0 Å². The maximum atomic E-state index is 14.1. The Balaban J connectivity index is 1.93. The first kappa shape index (κ1) is 17.0. The van der Waals surface area contributed by atoms with Crippen molar-refractivity contribution >= 4 is 28.2 Å². The summed E-state index contributed by atoms with van der Waals surface area (Å²) < 4.78 is 15.7. The Morgan fingerprint density at radius 2 is 1.92 bits per heavy atom. The van der Waals surface area contributed by atoms with Crippen LogP contribution in [-0.2, 0) is 4.79 Å². The van der Waals surface area contributed by atoms with Crippen LogP contribution in [0.3, 0.4) is 0 Å². The number of hydrogen-bond donors (Lipinski definition) is 1. The molecular formula is C18H16FN3O2S. The number of halogens is 1. The molecule has 1 N–H and O–H groups in total. The molecule has 0 aliphatic rings. The fraction of sp³-hybridized carbons (Fsp3) is 0.167. The number of anilines is 1. The molecule has 5 nitrogen and oxygen atoms in total. The predicted molar refractivity (Wildman–Crippen MR) is 95.0 cm³/mol. The van der Waals surface area contributed by atoms with Gasteiger partial charge in [-0.3, -0.25) is 14.9 Å². The van der Waals surface area contributed by atoms with Gasteiger partial charge in [0.05, 0.1) is 5.69 Å². The third-order valence-electron chi connectivity index (χ3n) is 3.82. The minimum atomic E-state index is -0.761. The van der Waals surface area contributed by atoms with Gasteiger partial charge in [0.1, 0.15) is 5.82 Å². The van der Waals surface area contributed by atoms with Crippen LogP contribution in [0.15, 0.2) is 36.5 Å². The van der Waals surface area contributed by atoms with Gasteiger partial charge in [0.25, 0.3) is 11.7 Å². The molecule has 3 aromatic rings. The van der Waals surface area contributed by atoms with Gasteiger partial charge in [-0.15, -0.1) is 11.3 Å². The fourth-order valence-corrected chi connectivity index (χ4v) is 3.34. The Morgan fingerprint density at radius 1 is 1.20 bits per heavy atom. The number of nitrogens with zero attached hydrogens (tertiary/aromatic N) is 2. The van der Waals surface area contributed by atoms with Crippen LogP contribution in [0, 0.1) is 26.6 Å². The monoisotopic (exact) mass is 357 g/mol. The van der Waals surface area contributed by atoms with E-state index in [0.29, 0.717) is 22.2 Å². The van der Waals surface area contributed by atoms with Crippen LogP contribution in [0.4, 0.5) is 9.52 Å². The third kappa shape index (κ3) is 3.23. The number of amides is 1. The molecule has 2 aromatic heterocycles. The van der Waals surface area contributed by atoms with Crippen LogP contribution < -0.4 is 5.32 Å². The summed E-state index contributed by atoms with van der Waals surface area (Å²) >= 11 is 1.29. The first-order chi connectivity index (χ1) is 11.9. The number of ketones is 1. The van der Waals surface area contributed by atoms with Crippen molar-refractivity contribution in [2.45, 2.75) is 20.8 Å². The number of para-hydroxylation sites is 1. The number of Topliss-reactive ketones (excluding diaryl/α,β-unsaturated/α-hetero) is 1. The fourth-order valence-electron chi connectivity index (χ4n) is 2.69. The van der Waals surface area contributed by atoms with Crippen LogP contribution in [0.1, 0.15) is 26.6 Å². The third-order valence-corrected chi connectivity index (χ3v) is 4.65. The summed E-state index contributed by atoms with van der Waals surface area (Å²) in [4.78, 5) is 29.7. The second-order valence-corrected chi connectivity index (χ2v) is 6.87. The molecule has 128 valence electrons. The number of nitrogens with one attached hydrogen (secondary N) is 1. The summed E-state index contributed by atoms with van der Waals surface area (Å²) in [5.74, 6) is -1.84. The molecule has 2 heterocycles. The van der Waals surface area contributed by atoms with Gasteiger partial charge in [0, 0.05) is 28.0 Å². The lowest BCUT2D eigenvalue weighted by Gasteiger charge is -2.10. The van der Waals surface area contributed by atoms with E-state index in [-0.39, 0.29) is 5.56 Å². The topological polar surface area (TPSA) is 64.0 Å². The predicted octanol–water partition coefficient (Wildman–Crippen LogP) is 3.82. The minimum Gasteiger partial charge on any atom is -0.315 e. The Bertz CT molecular complexity index is 975. The standard InChI is InChI=1S/C18H16FN3O2S/c1-10-8-13(12(3)22(10)15-7-5-4-6-14(15)19)16(23)17(24)21-18-20-9-11(2)25-18/h4-9H,1-3H3,(H,20,21,24). The van der Waals surface area contributed by atoms with Gasteiger partial charge in [-0.05, 0) is 39.0 Å². The van der Waals surface area contributed by atoms with Crippen molar-refractivity contribution in [1.29, 1.82) is 0 Å². The zero-order valence-corrected chi connectivity index (χ0v) is 14.8. The molecule has 0 unspecified atom stereocenters. The highest BCUT2D eigenvalue weighted by atomic mass is 32.1. The summed E-state index contributed by atoms with van der Waals surface area (Å²) in [6, 6.07) is 7.89. The van der Waals surface area contributed by atoms with Gasteiger partial charge < -0.3 is 4.57 Å². The van der Waals surface area contributed by atoms with E-state index in [1.807, 2.05) is 6.92 Å². The first-order valence-corrected chi connectivity index (χ1v) is 8.42. The van der Waals surface area contributed by atoms with Crippen LogP contribution in [0.5, 0.6) is 0 Å². The van der Waals surface area contributed by atoms with E-state index < -0.39 is 17.5 Å². The number of carbonyl (C=O) groups is 2. The van der Waals surface area contributed by atoms with Crippen molar-refractivity contribution in [3.05, 3.63) is 64.2 Å². The summed E-state index contributed by atoms with van der Waals surface area (Å²) in [6.07, 6.45) is 1.62. The van der Waals surface area contributed by atoms with Crippen molar-refractivity contribution < 1.29 is 14.0 Å². The lowest BCUT2D eigenvalue weighted by Crippen LogP contribution is -2.23. The molecule has 0 saturated heterocycles. The van der Waals surface area contributed by atoms with Crippen LogP contribution >= 0.6 is 11.3 Å². The number of aromatic nitrogens is 2. The SMILES string of the molecule is Cc1cnc(NC(=O)C(=O)c2cc(C)n(-c3ccccc3F)c2C)s1. The smallest absolute Gasteiger partial charge is 0.298 e. The lowest BCUT2D eigenvalue weighted by molar-refractivity contribution is -0.112. The normalized spacial score (nSPS) is 10.7. The summed E-state index contributed by atoms with van der Waals surface area (Å²) in [7, 11) is 0. The molecule has 0 radical (unpaired) electrons. The number of rotatable bonds is 4. The maximum Gasteiger partial charge on any atom is 0.298 e. The van der Waals surface area contributed by atoms with Crippen molar-refractivity contribution in [1.82, 2.24) is 9.55 Å². The number of thiazole rings is 1. The summed E-state index contributed by atoms with van der Waals surface area (Å²) in [5, 5.41) is 2.88. The molecule has 25 heavy (non-hydrogen) atoms. The van der Waals surface area contributed by atoms with Crippen molar-refractivity contribution in [2.75, 3.05) is 5.32 Å². The van der Waals surface area contributed by atoms with Gasteiger partial charge >= 0.3 is 0 Å². The zero-order chi connectivity index (χ0) is 18.1. The Kier molecular flexibility index (Phi) is 4.50. The zero-order valence-electron chi connectivity index (χ0n) is 14.0. The Morgan fingerprint density at radius 3 is 2.56 bits per heavy atom. The number of aryl methyl sites for hydroxylation is 2. The van der Waals surface area contributed by atoms with E-state index in [1.54, 1.807) is 48.9 Å². The highest BCUT2D eigenvalue weighted by Gasteiger charge is 2.24. The lowest BCUT2D eigenvalue weighted by atomic mass is 10.1. The number of hydrogen-bond acceptors (Lipinski definition) is 4. The molecule has 7 heteroatoms. The van der Waals surface area contributed by atoms with E-state index >= 15 is 0 Å². The molecular weight excluding hydrogens is 341 g/mol. The molecule has 0 atom stereocenters. The van der Waals surface area contributed by atoms with Crippen LogP contribution in [-0.4, -0.2) is 21.2 Å². The molecule has 1 amide bonds. The quantitative estimate of drug-likeness (QED) is 0.570. The van der Waals surface area contributed by atoms with E-state index in [4.69, 9.17) is 0 Å². The van der Waals surface area contributed by atoms with Crippen molar-refractivity contribution in [3.8, 4) is 5.69 Å². The summed E-state index contributed by atoms with van der Waals surface area (Å²) in [6.45, 7) is 5.31. The number of carbonyl (C=O) groups excluding carboxylic acids is 2. The van der Waals surface area contributed by atoms with Crippen LogP contribution in [0.25, 0.3) is 5.69 Å². The second kappa shape index (κ2) is 6.60. The molecule has 0 aliphatic carbocycles.